The SMILES string of the molecule is O=C(N[C@@](Cc1ccccc1)(c1cc(F)cc(OC(F)(F)C(F)F)c1)c1ccc(Cl)cn1)N1CC[C@@H](F)C1. The van der Waals surface area contributed by atoms with Crippen LogP contribution in [0.25, 0.3) is 0 Å². The number of rotatable bonds is 8. The summed E-state index contributed by atoms with van der Waals surface area (Å²) in [5, 5.41) is 3.03. The number of urea groups is 1. The number of likely N-dealkylation sites (tertiary alicyclic amines) is 1. The number of benzene rings is 2. The van der Waals surface area contributed by atoms with Gasteiger partial charge in [-0.15, -0.1) is 0 Å². The normalized spacial score (nSPS) is 17.4. The topological polar surface area (TPSA) is 54.5 Å². The van der Waals surface area contributed by atoms with Gasteiger partial charge in [-0.2, -0.15) is 17.6 Å². The van der Waals surface area contributed by atoms with Crippen LogP contribution in [-0.2, 0) is 12.0 Å². The van der Waals surface area contributed by atoms with E-state index in [0.717, 1.165) is 12.1 Å². The van der Waals surface area contributed by atoms with E-state index >= 15 is 0 Å². The summed E-state index contributed by atoms with van der Waals surface area (Å²) in [4.78, 5) is 18.9. The Morgan fingerprint density at radius 2 is 1.89 bits per heavy atom. The van der Waals surface area contributed by atoms with Gasteiger partial charge in [-0.3, -0.25) is 4.98 Å². The van der Waals surface area contributed by atoms with Crippen molar-refractivity contribution >= 4 is 17.6 Å². The first-order chi connectivity index (χ1) is 18.0. The zero-order chi connectivity index (χ0) is 27.5. The first kappa shape index (κ1) is 27.6. The Bertz CT molecular complexity index is 1270. The van der Waals surface area contributed by atoms with E-state index in [0.29, 0.717) is 11.6 Å². The summed E-state index contributed by atoms with van der Waals surface area (Å²) in [7, 11) is 0. The third kappa shape index (κ3) is 6.15. The molecule has 0 radical (unpaired) electrons. The van der Waals surface area contributed by atoms with Gasteiger partial charge >= 0.3 is 18.6 Å². The zero-order valence-electron chi connectivity index (χ0n) is 19.7. The largest absolute Gasteiger partial charge is 0.461 e. The zero-order valence-corrected chi connectivity index (χ0v) is 20.4. The van der Waals surface area contributed by atoms with E-state index in [9.17, 15) is 31.1 Å². The number of nitrogens with one attached hydrogen (secondary N) is 1. The minimum absolute atomic E-state index is 0.0742. The van der Waals surface area contributed by atoms with Crippen molar-refractivity contribution in [2.24, 2.45) is 0 Å². The van der Waals surface area contributed by atoms with E-state index in [1.54, 1.807) is 30.3 Å². The molecule has 12 heteroatoms. The van der Waals surface area contributed by atoms with E-state index < -0.39 is 41.8 Å². The predicted octanol–water partition coefficient (Wildman–Crippen LogP) is 6.35. The van der Waals surface area contributed by atoms with Crippen molar-refractivity contribution in [2.75, 3.05) is 13.1 Å². The quantitative estimate of drug-likeness (QED) is 0.328. The molecule has 0 aliphatic carbocycles. The van der Waals surface area contributed by atoms with Crippen LogP contribution in [0.5, 0.6) is 5.75 Å². The summed E-state index contributed by atoms with van der Waals surface area (Å²) in [5.74, 6) is -1.98. The lowest BCUT2D eigenvalue weighted by Gasteiger charge is -2.37. The van der Waals surface area contributed by atoms with Gasteiger partial charge < -0.3 is 15.0 Å². The van der Waals surface area contributed by atoms with Crippen LogP contribution in [-0.4, -0.2) is 47.7 Å². The average molecular weight is 558 g/mol. The molecule has 2 atom stereocenters. The molecule has 0 saturated carbocycles. The highest BCUT2D eigenvalue weighted by atomic mass is 35.5. The molecule has 1 saturated heterocycles. The molecule has 5 nitrogen and oxygen atoms in total. The Kier molecular flexibility index (Phi) is 8.05. The van der Waals surface area contributed by atoms with Crippen molar-refractivity contribution < 1.29 is 35.9 Å². The van der Waals surface area contributed by atoms with Crippen LogP contribution in [0.15, 0.2) is 66.9 Å². The second-order valence-electron chi connectivity index (χ2n) is 8.83. The lowest BCUT2D eigenvalue weighted by atomic mass is 9.80. The summed E-state index contributed by atoms with van der Waals surface area (Å²) in [5.41, 5.74) is -1.11. The third-order valence-corrected chi connectivity index (χ3v) is 6.31. The van der Waals surface area contributed by atoms with Crippen molar-refractivity contribution in [2.45, 2.75) is 37.1 Å². The average Bonchev–Trinajstić information content (AvgIpc) is 3.30. The van der Waals surface area contributed by atoms with Crippen LogP contribution >= 0.6 is 11.6 Å². The van der Waals surface area contributed by atoms with Crippen molar-refractivity contribution in [1.82, 2.24) is 15.2 Å². The van der Waals surface area contributed by atoms with Gasteiger partial charge in [0.2, 0.25) is 0 Å². The maximum atomic E-state index is 14.8. The van der Waals surface area contributed by atoms with Crippen LogP contribution in [0.3, 0.4) is 0 Å². The maximum absolute atomic E-state index is 14.8. The van der Waals surface area contributed by atoms with E-state index in [1.165, 1.54) is 23.2 Å². The molecule has 202 valence electrons. The number of alkyl halides is 5. The summed E-state index contributed by atoms with van der Waals surface area (Å²) in [6.45, 7) is -0.0694. The van der Waals surface area contributed by atoms with Gasteiger partial charge in [-0.1, -0.05) is 41.9 Å². The fraction of sp³-hybridized carbons (Fsp3) is 0.308. The molecule has 4 rings (SSSR count). The highest BCUT2D eigenvalue weighted by Crippen LogP contribution is 2.37. The van der Waals surface area contributed by atoms with Crippen LogP contribution in [0.4, 0.5) is 31.1 Å². The van der Waals surface area contributed by atoms with Gasteiger partial charge in [0.15, 0.2) is 0 Å². The molecular weight excluding hydrogens is 536 g/mol. The third-order valence-electron chi connectivity index (χ3n) is 6.09. The van der Waals surface area contributed by atoms with E-state index in [2.05, 4.69) is 15.0 Å². The number of amides is 2. The number of hydrogen-bond donors (Lipinski definition) is 1. The van der Waals surface area contributed by atoms with Crippen LogP contribution < -0.4 is 10.1 Å². The van der Waals surface area contributed by atoms with Crippen molar-refractivity contribution in [3.8, 4) is 5.75 Å². The molecule has 2 aromatic carbocycles. The molecule has 1 aliphatic rings. The second-order valence-corrected chi connectivity index (χ2v) is 9.27. The van der Waals surface area contributed by atoms with E-state index in [4.69, 9.17) is 11.6 Å². The van der Waals surface area contributed by atoms with Crippen LogP contribution in [0.2, 0.25) is 5.02 Å². The molecule has 2 amide bonds. The van der Waals surface area contributed by atoms with Crippen molar-refractivity contribution in [1.29, 1.82) is 0 Å². The number of carbonyl (C=O) groups excluding carboxylic acids is 1. The highest BCUT2D eigenvalue weighted by Gasteiger charge is 2.45. The Labute approximate surface area is 219 Å². The molecule has 0 unspecified atom stereocenters. The number of carbonyl (C=O) groups is 1. The van der Waals surface area contributed by atoms with Gasteiger partial charge in [-0.05, 0) is 41.8 Å². The molecule has 3 aromatic rings. The number of pyridine rings is 1. The molecule has 1 N–H and O–H groups in total. The summed E-state index contributed by atoms with van der Waals surface area (Å²) >= 11 is 6.01. The maximum Gasteiger partial charge on any atom is 0.461 e. The first-order valence-electron chi connectivity index (χ1n) is 11.5. The van der Waals surface area contributed by atoms with Gasteiger partial charge in [0, 0.05) is 25.2 Å². The molecule has 1 aromatic heterocycles. The lowest BCUT2D eigenvalue weighted by Crippen LogP contribution is -2.53. The molecule has 0 bridgehead atoms. The summed E-state index contributed by atoms with van der Waals surface area (Å²) in [6, 6.07) is 13.2. The van der Waals surface area contributed by atoms with Gasteiger partial charge in [-0.25, -0.2) is 13.6 Å². The summed E-state index contributed by atoms with van der Waals surface area (Å²) in [6.07, 6.45) is -8.99. The fourth-order valence-corrected chi connectivity index (χ4v) is 4.40. The molecule has 2 heterocycles. The van der Waals surface area contributed by atoms with Gasteiger partial charge in [0.1, 0.15) is 23.3 Å². The minimum atomic E-state index is -4.90. The van der Waals surface area contributed by atoms with Crippen molar-refractivity contribution in [3.05, 3.63) is 94.5 Å². The number of ether oxygens (including phenoxy) is 1. The molecular formula is C26H22ClF6N3O2. The van der Waals surface area contributed by atoms with E-state index in [1.807, 2.05) is 0 Å². The van der Waals surface area contributed by atoms with Crippen LogP contribution in [0.1, 0.15) is 23.2 Å². The number of aromatic nitrogens is 1. The molecule has 1 fully saturated rings. The number of nitrogens with zero attached hydrogens (tertiary/aromatic N) is 2. The van der Waals surface area contributed by atoms with Gasteiger partial charge in [0.05, 0.1) is 17.3 Å². The van der Waals surface area contributed by atoms with Gasteiger partial charge in [0.25, 0.3) is 0 Å². The predicted molar refractivity (Wildman–Crippen MR) is 128 cm³/mol. The standard InChI is InChI=1S/C26H22ClF6N3O2/c27-18-6-7-22(34-14-18)25(13-16-4-2-1-3-5-16,35-24(37)36-9-8-19(28)15-36)17-10-20(29)12-21(11-17)38-26(32,33)23(30)31/h1-7,10-12,14,19,23H,8-9,13,15H2,(H,35,37)/t19-,25+/m1/s1. The number of halogens is 7. The fourth-order valence-electron chi connectivity index (χ4n) is 4.28. The lowest BCUT2D eigenvalue weighted by molar-refractivity contribution is -0.253. The van der Waals surface area contributed by atoms with Crippen LogP contribution in [0, 0.1) is 5.82 Å². The highest BCUT2D eigenvalue weighted by molar-refractivity contribution is 6.30. The Morgan fingerprint density at radius 1 is 1.16 bits per heavy atom. The van der Waals surface area contributed by atoms with E-state index in [-0.39, 0.29) is 42.2 Å². The first-order valence-corrected chi connectivity index (χ1v) is 11.9. The molecule has 38 heavy (non-hydrogen) atoms. The Balaban J connectivity index is 1.89. The Hall–Kier alpha value is -3.47. The molecule has 1 aliphatic heterocycles. The molecule has 0 spiro atoms. The smallest absolute Gasteiger partial charge is 0.428 e. The Morgan fingerprint density at radius 3 is 2.50 bits per heavy atom. The van der Waals surface area contributed by atoms with Crippen molar-refractivity contribution in [3.63, 3.8) is 0 Å². The number of hydrogen-bond acceptors (Lipinski definition) is 3. The second kappa shape index (κ2) is 11.1. The minimum Gasteiger partial charge on any atom is -0.428 e. The summed E-state index contributed by atoms with van der Waals surface area (Å²) < 4.78 is 85.9. The monoisotopic (exact) mass is 557 g/mol.